The average Bonchev–Trinajstić information content (AvgIpc) is 2.91. The van der Waals surface area contributed by atoms with Gasteiger partial charge in [0, 0.05) is 59.6 Å². The number of piperazine rings is 1. The molecular formula is C27H27Cl2FN4O4S. The van der Waals surface area contributed by atoms with Crippen LogP contribution in [-0.2, 0) is 21.4 Å². The molecule has 0 aliphatic carbocycles. The predicted octanol–water partition coefficient (Wildman–Crippen LogP) is 4.35. The summed E-state index contributed by atoms with van der Waals surface area (Å²) < 4.78 is 42.3. The van der Waals surface area contributed by atoms with Crippen LogP contribution in [0.2, 0.25) is 10.0 Å². The Bertz CT molecular complexity index is 1430. The molecule has 1 aliphatic rings. The molecule has 1 fully saturated rings. The van der Waals surface area contributed by atoms with Crippen molar-refractivity contribution in [2.45, 2.75) is 11.4 Å². The highest BCUT2D eigenvalue weighted by Gasteiger charge is 2.29. The Labute approximate surface area is 237 Å². The molecular weight excluding hydrogens is 566 g/mol. The van der Waals surface area contributed by atoms with E-state index >= 15 is 0 Å². The quantitative estimate of drug-likeness (QED) is 0.420. The average molecular weight is 594 g/mol. The Kier molecular flexibility index (Phi) is 9.24. The summed E-state index contributed by atoms with van der Waals surface area (Å²) in [7, 11) is -2.23. The Morgan fingerprint density at radius 3 is 2.21 bits per heavy atom. The third-order valence-corrected chi connectivity index (χ3v) is 8.79. The normalized spacial score (nSPS) is 14.4. The zero-order valence-corrected chi connectivity index (χ0v) is 23.4. The van der Waals surface area contributed by atoms with E-state index in [1.165, 1.54) is 42.5 Å². The van der Waals surface area contributed by atoms with Crippen molar-refractivity contribution in [3.05, 3.63) is 93.7 Å². The second kappa shape index (κ2) is 12.4. The smallest absolute Gasteiger partial charge is 0.253 e. The molecule has 1 N–H and O–H groups in total. The summed E-state index contributed by atoms with van der Waals surface area (Å²) in [6.07, 6.45) is 0. The Morgan fingerprint density at radius 1 is 0.949 bits per heavy atom. The first-order chi connectivity index (χ1) is 18.5. The molecule has 1 heterocycles. The van der Waals surface area contributed by atoms with Gasteiger partial charge in [-0.1, -0.05) is 29.3 Å². The van der Waals surface area contributed by atoms with Gasteiger partial charge in [-0.2, -0.15) is 4.31 Å². The van der Waals surface area contributed by atoms with Crippen LogP contribution < -0.4 is 5.32 Å². The standard InChI is InChI=1S/C27H27Cl2FN4O4S/c1-32-13-15-33(16-14-32)27(36)19-5-9-21(10-6-19)31-26(35)18-34(17-23-24(29)3-2-4-25(23)30)39(37,38)22-11-7-20(28)8-12-22/h2-12H,13-18H2,1H3,(H,31,35). The van der Waals surface area contributed by atoms with Crippen molar-refractivity contribution in [2.24, 2.45) is 0 Å². The van der Waals surface area contributed by atoms with Crippen LogP contribution in [0.25, 0.3) is 0 Å². The third-order valence-electron chi connectivity index (χ3n) is 6.37. The first kappa shape index (κ1) is 29.0. The molecule has 206 valence electrons. The lowest BCUT2D eigenvalue weighted by Crippen LogP contribution is -2.47. The molecule has 4 rings (SSSR count). The summed E-state index contributed by atoms with van der Waals surface area (Å²) in [4.78, 5) is 29.6. The number of likely N-dealkylation sites (N-methyl/N-ethyl adjacent to an activating group) is 1. The number of nitrogens with one attached hydrogen (secondary N) is 1. The van der Waals surface area contributed by atoms with Gasteiger partial charge in [0.05, 0.1) is 11.4 Å². The molecule has 0 radical (unpaired) electrons. The van der Waals surface area contributed by atoms with Crippen LogP contribution in [0.15, 0.2) is 71.6 Å². The summed E-state index contributed by atoms with van der Waals surface area (Å²) >= 11 is 12.1. The van der Waals surface area contributed by atoms with Gasteiger partial charge in [0.2, 0.25) is 15.9 Å². The van der Waals surface area contributed by atoms with Gasteiger partial charge in [0.25, 0.3) is 5.91 Å². The minimum atomic E-state index is -4.24. The number of nitrogens with zero attached hydrogens (tertiary/aromatic N) is 3. The van der Waals surface area contributed by atoms with Crippen molar-refractivity contribution in [2.75, 3.05) is 45.1 Å². The van der Waals surface area contributed by atoms with E-state index in [9.17, 15) is 22.4 Å². The number of hydrogen-bond acceptors (Lipinski definition) is 5. The van der Waals surface area contributed by atoms with Crippen LogP contribution in [0.4, 0.5) is 10.1 Å². The van der Waals surface area contributed by atoms with Crippen LogP contribution in [0, 0.1) is 5.82 Å². The van der Waals surface area contributed by atoms with Gasteiger partial charge in [-0.05, 0) is 67.7 Å². The van der Waals surface area contributed by atoms with Crippen LogP contribution in [0.1, 0.15) is 15.9 Å². The topological polar surface area (TPSA) is 90.0 Å². The van der Waals surface area contributed by atoms with Gasteiger partial charge in [-0.25, -0.2) is 12.8 Å². The number of rotatable bonds is 8. The van der Waals surface area contributed by atoms with Gasteiger partial charge in [0.15, 0.2) is 0 Å². The molecule has 39 heavy (non-hydrogen) atoms. The van der Waals surface area contributed by atoms with Gasteiger partial charge in [-0.3, -0.25) is 9.59 Å². The number of carbonyl (C=O) groups excluding carboxylic acids is 2. The van der Waals surface area contributed by atoms with E-state index in [2.05, 4.69) is 10.2 Å². The van der Waals surface area contributed by atoms with E-state index in [1.807, 2.05) is 7.05 Å². The molecule has 1 saturated heterocycles. The van der Waals surface area contributed by atoms with Crippen molar-refractivity contribution in [1.82, 2.24) is 14.1 Å². The van der Waals surface area contributed by atoms with Crippen LogP contribution >= 0.6 is 23.2 Å². The van der Waals surface area contributed by atoms with Gasteiger partial charge in [-0.15, -0.1) is 0 Å². The van der Waals surface area contributed by atoms with Crippen LogP contribution in [0.3, 0.4) is 0 Å². The lowest BCUT2D eigenvalue weighted by Gasteiger charge is -2.32. The number of hydrogen-bond donors (Lipinski definition) is 1. The molecule has 3 aromatic carbocycles. The molecule has 12 heteroatoms. The SMILES string of the molecule is CN1CCN(C(=O)c2ccc(NC(=O)CN(Cc3c(F)cccc3Cl)S(=O)(=O)c3ccc(Cl)cc3)cc2)CC1. The minimum Gasteiger partial charge on any atom is -0.336 e. The maximum atomic E-state index is 14.5. The van der Waals surface area contributed by atoms with E-state index < -0.39 is 34.8 Å². The number of sulfonamides is 1. The molecule has 1 aliphatic heterocycles. The Morgan fingerprint density at radius 2 is 1.59 bits per heavy atom. The summed E-state index contributed by atoms with van der Waals surface area (Å²) in [5, 5.41) is 3.02. The molecule has 0 spiro atoms. The second-order valence-corrected chi connectivity index (χ2v) is 11.9. The fourth-order valence-electron chi connectivity index (χ4n) is 4.09. The van der Waals surface area contributed by atoms with Gasteiger partial charge in [0.1, 0.15) is 5.82 Å². The maximum absolute atomic E-state index is 14.5. The monoisotopic (exact) mass is 592 g/mol. The highest BCUT2D eigenvalue weighted by molar-refractivity contribution is 7.89. The maximum Gasteiger partial charge on any atom is 0.253 e. The zero-order valence-electron chi connectivity index (χ0n) is 21.1. The first-order valence-corrected chi connectivity index (χ1v) is 14.3. The summed E-state index contributed by atoms with van der Waals surface area (Å²) in [5.74, 6) is -1.44. The molecule has 2 amide bonds. The second-order valence-electron chi connectivity index (χ2n) is 9.15. The van der Waals surface area contributed by atoms with E-state index in [1.54, 1.807) is 29.2 Å². The molecule has 0 bridgehead atoms. The van der Waals surface area contributed by atoms with Crippen molar-refractivity contribution in [3.63, 3.8) is 0 Å². The number of benzene rings is 3. The number of amides is 2. The lowest BCUT2D eigenvalue weighted by molar-refractivity contribution is -0.116. The van der Waals surface area contributed by atoms with Gasteiger partial charge < -0.3 is 15.1 Å². The Hall–Kier alpha value is -3.02. The van der Waals surface area contributed by atoms with E-state index in [0.29, 0.717) is 29.4 Å². The van der Waals surface area contributed by atoms with E-state index in [-0.39, 0.29) is 21.4 Å². The fourth-order valence-corrected chi connectivity index (χ4v) is 5.80. The van der Waals surface area contributed by atoms with Crippen molar-refractivity contribution in [3.8, 4) is 0 Å². The summed E-state index contributed by atoms with van der Waals surface area (Å²) in [6.45, 7) is 1.79. The van der Waals surface area contributed by atoms with Crippen molar-refractivity contribution < 1.29 is 22.4 Å². The van der Waals surface area contributed by atoms with Crippen molar-refractivity contribution >= 4 is 50.7 Å². The summed E-state index contributed by atoms with van der Waals surface area (Å²) in [6, 6.07) is 15.8. The Balaban J connectivity index is 1.50. The van der Waals surface area contributed by atoms with Crippen LogP contribution in [-0.4, -0.2) is 74.1 Å². The highest BCUT2D eigenvalue weighted by Crippen LogP contribution is 2.25. The first-order valence-electron chi connectivity index (χ1n) is 12.1. The number of anilines is 1. The molecule has 8 nitrogen and oxygen atoms in total. The van der Waals surface area contributed by atoms with E-state index in [4.69, 9.17) is 23.2 Å². The third kappa shape index (κ3) is 7.14. The summed E-state index contributed by atoms with van der Waals surface area (Å²) in [5.41, 5.74) is 0.803. The van der Waals surface area contributed by atoms with Crippen molar-refractivity contribution in [1.29, 1.82) is 0 Å². The minimum absolute atomic E-state index is 0.0346. The molecule has 0 saturated carbocycles. The number of halogens is 3. The van der Waals surface area contributed by atoms with E-state index in [0.717, 1.165) is 17.4 Å². The van der Waals surface area contributed by atoms with Gasteiger partial charge >= 0.3 is 0 Å². The predicted molar refractivity (Wildman–Crippen MR) is 149 cm³/mol. The molecule has 0 aromatic heterocycles. The highest BCUT2D eigenvalue weighted by atomic mass is 35.5. The largest absolute Gasteiger partial charge is 0.336 e. The molecule has 0 atom stereocenters. The van der Waals surface area contributed by atoms with Crippen LogP contribution in [0.5, 0.6) is 0 Å². The fraction of sp³-hybridized carbons (Fsp3) is 0.259. The zero-order chi connectivity index (χ0) is 28.2. The molecule has 0 unspecified atom stereocenters. The number of carbonyl (C=O) groups is 2. The lowest BCUT2D eigenvalue weighted by atomic mass is 10.1. The molecule has 3 aromatic rings.